The molecule has 0 aromatic carbocycles. The first kappa shape index (κ1) is 3.82. The molecule has 0 amide bonds. The van der Waals surface area contributed by atoms with Gasteiger partial charge in [0.2, 0.25) is 0 Å². The predicted octanol–water partition coefficient (Wildman–Crippen LogP) is 0.175. The molecule has 1 atom stereocenters. The van der Waals surface area contributed by atoms with Crippen LogP contribution in [0.5, 0.6) is 0 Å². The molecule has 1 rings (SSSR count). The SMILES string of the molecule is Pc1ccno1. The van der Waals surface area contributed by atoms with Gasteiger partial charge in [0.1, 0.15) is 0 Å². The molecule has 0 radical (unpaired) electrons. The lowest BCUT2D eigenvalue weighted by atomic mass is 10.8. The first-order valence-corrected chi connectivity index (χ1v) is 2.13. The highest BCUT2D eigenvalue weighted by molar-refractivity contribution is 7.26. The van der Waals surface area contributed by atoms with Gasteiger partial charge < -0.3 is 4.52 Å². The van der Waals surface area contributed by atoms with Gasteiger partial charge in [-0.3, -0.25) is 0 Å². The number of rotatable bonds is 0. The quantitative estimate of drug-likeness (QED) is 0.435. The molecular formula is C3H4NOP. The van der Waals surface area contributed by atoms with Crippen molar-refractivity contribution >= 4 is 14.7 Å². The van der Waals surface area contributed by atoms with E-state index in [2.05, 4.69) is 18.9 Å². The number of hydrogen-bond acceptors (Lipinski definition) is 2. The van der Waals surface area contributed by atoms with Gasteiger partial charge >= 0.3 is 0 Å². The van der Waals surface area contributed by atoms with Gasteiger partial charge in [-0.25, -0.2) is 0 Å². The van der Waals surface area contributed by atoms with E-state index in [1.165, 1.54) is 0 Å². The van der Waals surface area contributed by atoms with Crippen LogP contribution >= 0.6 is 9.24 Å². The van der Waals surface area contributed by atoms with Crippen molar-refractivity contribution in [2.24, 2.45) is 0 Å². The molecule has 0 aliphatic heterocycles. The average Bonchev–Trinajstić information content (AvgIpc) is 1.86. The van der Waals surface area contributed by atoms with Crippen molar-refractivity contribution in [1.82, 2.24) is 5.16 Å². The van der Waals surface area contributed by atoms with Crippen LogP contribution in [0.25, 0.3) is 0 Å². The first-order chi connectivity index (χ1) is 2.89. The largest absolute Gasteiger partial charge is 0.357 e. The van der Waals surface area contributed by atoms with Gasteiger partial charge in [-0.15, -0.1) is 0 Å². The van der Waals surface area contributed by atoms with Gasteiger partial charge in [0, 0.05) is 6.07 Å². The lowest BCUT2D eigenvalue weighted by Crippen LogP contribution is -1.75. The average molecular weight is 101 g/mol. The van der Waals surface area contributed by atoms with E-state index >= 15 is 0 Å². The molecule has 1 heterocycles. The van der Waals surface area contributed by atoms with Crippen molar-refractivity contribution < 1.29 is 4.52 Å². The summed E-state index contributed by atoms with van der Waals surface area (Å²) in [4.78, 5) is 0. The van der Waals surface area contributed by atoms with Crippen LogP contribution in [0, 0.1) is 0 Å². The Hall–Kier alpha value is -0.360. The Balaban J connectivity index is 3.05. The Morgan fingerprint density at radius 2 is 2.67 bits per heavy atom. The smallest absolute Gasteiger partial charge is 0.152 e. The lowest BCUT2D eigenvalue weighted by molar-refractivity contribution is 0.447. The Labute approximate surface area is 37.7 Å². The molecule has 32 valence electrons. The Morgan fingerprint density at radius 3 is 2.83 bits per heavy atom. The molecule has 1 aromatic rings. The Kier molecular flexibility index (Phi) is 0.887. The molecule has 6 heavy (non-hydrogen) atoms. The summed E-state index contributed by atoms with van der Waals surface area (Å²) < 4.78 is 4.55. The third-order valence-corrected chi connectivity index (χ3v) is 0.756. The Morgan fingerprint density at radius 1 is 1.83 bits per heavy atom. The van der Waals surface area contributed by atoms with Gasteiger partial charge in [-0.05, 0) is 0 Å². The molecule has 0 spiro atoms. The fraction of sp³-hybridized carbons (Fsp3) is 0. The maximum Gasteiger partial charge on any atom is 0.152 e. The fourth-order valence-corrected chi connectivity index (χ4v) is 0.373. The highest BCUT2D eigenvalue weighted by Crippen LogP contribution is 1.81. The number of nitrogens with zero attached hydrogens (tertiary/aromatic N) is 1. The summed E-state index contributed by atoms with van der Waals surface area (Å²) in [5, 5.41) is 3.43. The molecule has 3 heteroatoms. The van der Waals surface area contributed by atoms with E-state index < -0.39 is 0 Å². The molecule has 1 aromatic heterocycles. The van der Waals surface area contributed by atoms with Crippen molar-refractivity contribution in [2.45, 2.75) is 0 Å². The lowest BCUT2D eigenvalue weighted by Gasteiger charge is -1.65. The van der Waals surface area contributed by atoms with Crippen LogP contribution in [0.3, 0.4) is 0 Å². The summed E-state index contributed by atoms with van der Waals surface area (Å²) in [5.74, 6) is 0. The zero-order valence-corrected chi connectivity index (χ0v) is 4.24. The number of hydrogen-bond donors (Lipinski definition) is 0. The molecule has 0 saturated heterocycles. The second kappa shape index (κ2) is 1.39. The van der Waals surface area contributed by atoms with Gasteiger partial charge in [-0.2, -0.15) is 0 Å². The van der Waals surface area contributed by atoms with Gasteiger partial charge in [0.05, 0.1) is 6.20 Å². The van der Waals surface area contributed by atoms with E-state index in [-0.39, 0.29) is 0 Å². The molecule has 2 nitrogen and oxygen atoms in total. The van der Waals surface area contributed by atoms with Crippen LogP contribution in [-0.4, -0.2) is 5.16 Å². The molecule has 0 bridgehead atoms. The van der Waals surface area contributed by atoms with Crippen molar-refractivity contribution in [2.75, 3.05) is 0 Å². The van der Waals surface area contributed by atoms with E-state index in [0.29, 0.717) is 0 Å². The summed E-state index contributed by atoms with van der Waals surface area (Å²) in [5.41, 5.74) is 0.773. The third-order valence-electron chi connectivity index (χ3n) is 0.458. The van der Waals surface area contributed by atoms with Crippen molar-refractivity contribution in [3.63, 3.8) is 0 Å². The second-order valence-electron chi connectivity index (χ2n) is 0.915. The van der Waals surface area contributed by atoms with E-state index in [1.807, 2.05) is 0 Å². The second-order valence-corrected chi connectivity index (χ2v) is 1.48. The van der Waals surface area contributed by atoms with Crippen molar-refractivity contribution in [3.05, 3.63) is 12.3 Å². The van der Waals surface area contributed by atoms with E-state index in [9.17, 15) is 0 Å². The van der Waals surface area contributed by atoms with Crippen LogP contribution < -0.4 is 5.50 Å². The molecule has 0 aliphatic rings. The molecule has 1 unspecified atom stereocenters. The van der Waals surface area contributed by atoms with Gasteiger partial charge in [-0.1, -0.05) is 14.4 Å². The van der Waals surface area contributed by atoms with Crippen molar-refractivity contribution in [1.29, 1.82) is 0 Å². The van der Waals surface area contributed by atoms with E-state index in [1.54, 1.807) is 12.3 Å². The summed E-state index contributed by atoms with van der Waals surface area (Å²) in [6, 6.07) is 1.77. The van der Waals surface area contributed by atoms with E-state index in [4.69, 9.17) is 0 Å². The Bertz CT molecular complexity index is 114. The molecular weight excluding hydrogens is 97.0 g/mol. The molecule has 0 N–H and O–H groups in total. The minimum Gasteiger partial charge on any atom is -0.357 e. The molecule has 0 saturated carbocycles. The summed E-state index contributed by atoms with van der Waals surface area (Å²) in [6.07, 6.45) is 1.60. The summed E-state index contributed by atoms with van der Waals surface area (Å²) in [7, 11) is 2.39. The highest BCUT2D eigenvalue weighted by atomic mass is 31.0. The normalized spacial score (nSPS) is 8.83. The first-order valence-electron chi connectivity index (χ1n) is 1.56. The standard InChI is InChI=1S/C3H4NOP/c6-3-1-2-4-5-3/h1-2H,6H2. The maximum atomic E-state index is 4.55. The van der Waals surface area contributed by atoms with Crippen LogP contribution in [0.1, 0.15) is 0 Å². The zero-order chi connectivity index (χ0) is 4.41. The summed E-state index contributed by atoms with van der Waals surface area (Å²) >= 11 is 0. The number of aromatic nitrogens is 1. The van der Waals surface area contributed by atoms with Crippen molar-refractivity contribution in [3.8, 4) is 0 Å². The maximum absolute atomic E-state index is 4.55. The highest BCUT2D eigenvalue weighted by Gasteiger charge is 1.78. The monoisotopic (exact) mass is 101 g/mol. The molecule has 0 fully saturated rings. The van der Waals surface area contributed by atoms with Crippen LogP contribution in [0.2, 0.25) is 0 Å². The van der Waals surface area contributed by atoms with Gasteiger partial charge in [0.25, 0.3) is 0 Å². The van der Waals surface area contributed by atoms with Crippen LogP contribution in [0.15, 0.2) is 16.8 Å². The predicted molar refractivity (Wildman–Crippen MR) is 25.8 cm³/mol. The van der Waals surface area contributed by atoms with Crippen LogP contribution in [0.4, 0.5) is 0 Å². The zero-order valence-electron chi connectivity index (χ0n) is 3.09. The van der Waals surface area contributed by atoms with E-state index in [0.717, 1.165) is 5.50 Å². The summed E-state index contributed by atoms with van der Waals surface area (Å²) in [6.45, 7) is 0. The van der Waals surface area contributed by atoms with Gasteiger partial charge in [0.15, 0.2) is 5.50 Å². The van der Waals surface area contributed by atoms with Crippen LogP contribution in [-0.2, 0) is 0 Å². The molecule has 0 aliphatic carbocycles. The third kappa shape index (κ3) is 0.575. The minimum atomic E-state index is 0.773. The fourth-order valence-electron chi connectivity index (χ4n) is 0.226. The minimum absolute atomic E-state index is 0.773. The topological polar surface area (TPSA) is 26.0 Å².